The summed E-state index contributed by atoms with van der Waals surface area (Å²) in [6.07, 6.45) is -0.127. The van der Waals surface area contributed by atoms with Crippen molar-refractivity contribution in [2.75, 3.05) is 6.54 Å². The van der Waals surface area contributed by atoms with Crippen LogP contribution in [0.1, 0.15) is 40.8 Å². The fourth-order valence-corrected chi connectivity index (χ4v) is 2.32. The van der Waals surface area contributed by atoms with E-state index in [1.165, 1.54) is 4.90 Å². The van der Waals surface area contributed by atoms with Crippen molar-refractivity contribution in [1.82, 2.24) is 14.9 Å². The molecule has 24 heavy (non-hydrogen) atoms. The van der Waals surface area contributed by atoms with Gasteiger partial charge >= 0.3 is 0 Å². The average Bonchev–Trinajstić information content (AvgIpc) is 2.57. The standard InChI is InChI=1S/C18H23N3O3/c1-4-15(22)11-21(10-14-8-6-5-7-9-14)18(24)16-17(23)20-13(3)12(2)19-16/h5-9,15,22H,4,10-11H2,1-3H3,(H,20,23). The monoisotopic (exact) mass is 329 g/mol. The zero-order chi connectivity index (χ0) is 17.7. The quantitative estimate of drug-likeness (QED) is 0.846. The molecular weight excluding hydrogens is 306 g/mol. The van der Waals surface area contributed by atoms with Gasteiger partial charge in [0.15, 0.2) is 5.69 Å². The Kier molecular flexibility index (Phi) is 5.87. The highest BCUT2D eigenvalue weighted by atomic mass is 16.3. The Hall–Kier alpha value is -2.47. The number of benzene rings is 1. The number of rotatable bonds is 6. The SMILES string of the molecule is CCC(O)CN(Cc1ccccc1)C(=O)c1nc(C)c(C)[nH]c1=O. The maximum Gasteiger partial charge on any atom is 0.279 e. The van der Waals surface area contributed by atoms with E-state index in [0.29, 0.717) is 24.4 Å². The van der Waals surface area contributed by atoms with Crippen molar-refractivity contribution in [2.24, 2.45) is 0 Å². The molecule has 128 valence electrons. The maximum atomic E-state index is 12.8. The largest absolute Gasteiger partial charge is 0.391 e. The number of carbonyl (C=O) groups excluding carboxylic acids is 1. The number of carbonyl (C=O) groups is 1. The van der Waals surface area contributed by atoms with Gasteiger partial charge in [-0.05, 0) is 25.8 Å². The maximum absolute atomic E-state index is 12.8. The Bertz CT molecular complexity index is 756. The molecule has 1 heterocycles. The Morgan fingerprint density at radius 3 is 2.58 bits per heavy atom. The van der Waals surface area contributed by atoms with Gasteiger partial charge in [-0.1, -0.05) is 37.3 Å². The van der Waals surface area contributed by atoms with Gasteiger partial charge in [0, 0.05) is 18.8 Å². The number of amides is 1. The molecular formula is C18H23N3O3. The predicted octanol–water partition coefficient (Wildman–Crippen LogP) is 1.80. The van der Waals surface area contributed by atoms with Crippen LogP contribution < -0.4 is 5.56 Å². The summed E-state index contributed by atoms with van der Waals surface area (Å²) in [5.74, 6) is -0.476. The molecule has 6 heteroatoms. The van der Waals surface area contributed by atoms with Gasteiger partial charge in [-0.3, -0.25) is 9.59 Å². The van der Waals surface area contributed by atoms with Crippen molar-refractivity contribution < 1.29 is 9.90 Å². The summed E-state index contributed by atoms with van der Waals surface area (Å²) >= 11 is 0. The molecule has 1 aromatic heterocycles. The van der Waals surface area contributed by atoms with Crippen LogP contribution in [0, 0.1) is 13.8 Å². The summed E-state index contributed by atoms with van der Waals surface area (Å²) in [7, 11) is 0. The molecule has 2 aromatic rings. The Morgan fingerprint density at radius 2 is 1.96 bits per heavy atom. The number of aromatic nitrogens is 2. The molecule has 1 atom stereocenters. The van der Waals surface area contributed by atoms with Gasteiger partial charge in [-0.2, -0.15) is 0 Å². The smallest absolute Gasteiger partial charge is 0.279 e. The summed E-state index contributed by atoms with van der Waals surface area (Å²) in [6, 6.07) is 9.46. The van der Waals surface area contributed by atoms with E-state index in [2.05, 4.69) is 9.97 Å². The number of hydrogen-bond acceptors (Lipinski definition) is 4. The molecule has 1 aromatic carbocycles. The van der Waals surface area contributed by atoms with Crippen LogP contribution in [0.2, 0.25) is 0 Å². The first-order valence-corrected chi connectivity index (χ1v) is 8.01. The topological polar surface area (TPSA) is 86.3 Å². The molecule has 0 saturated carbocycles. The van der Waals surface area contributed by atoms with Crippen LogP contribution in [0.5, 0.6) is 0 Å². The molecule has 6 nitrogen and oxygen atoms in total. The van der Waals surface area contributed by atoms with Crippen LogP contribution >= 0.6 is 0 Å². The van der Waals surface area contributed by atoms with Crippen molar-refractivity contribution in [3.05, 3.63) is 63.3 Å². The van der Waals surface area contributed by atoms with E-state index in [9.17, 15) is 14.7 Å². The molecule has 0 bridgehead atoms. The van der Waals surface area contributed by atoms with Crippen LogP contribution in [0.4, 0.5) is 0 Å². The van der Waals surface area contributed by atoms with Crippen molar-refractivity contribution in [3.8, 4) is 0 Å². The first kappa shape index (κ1) is 17.9. The molecule has 1 amide bonds. The first-order valence-electron chi connectivity index (χ1n) is 8.01. The fraction of sp³-hybridized carbons (Fsp3) is 0.389. The lowest BCUT2D eigenvalue weighted by atomic mass is 10.1. The lowest BCUT2D eigenvalue weighted by Crippen LogP contribution is -2.40. The lowest BCUT2D eigenvalue weighted by Gasteiger charge is -2.24. The predicted molar refractivity (Wildman–Crippen MR) is 91.8 cm³/mol. The number of nitrogens with one attached hydrogen (secondary N) is 1. The summed E-state index contributed by atoms with van der Waals surface area (Å²) in [5.41, 5.74) is 1.52. The molecule has 1 unspecified atom stereocenters. The Morgan fingerprint density at radius 1 is 1.29 bits per heavy atom. The van der Waals surface area contributed by atoms with E-state index in [1.54, 1.807) is 13.8 Å². The molecule has 0 fully saturated rings. The molecule has 0 aliphatic heterocycles. The van der Waals surface area contributed by atoms with Crippen molar-refractivity contribution >= 4 is 5.91 Å². The summed E-state index contributed by atoms with van der Waals surface area (Å²) in [4.78, 5) is 33.2. The third-order valence-corrected chi connectivity index (χ3v) is 3.95. The summed E-state index contributed by atoms with van der Waals surface area (Å²) < 4.78 is 0. The molecule has 0 spiro atoms. The van der Waals surface area contributed by atoms with Crippen molar-refractivity contribution in [3.63, 3.8) is 0 Å². The van der Waals surface area contributed by atoms with E-state index in [4.69, 9.17) is 0 Å². The van der Waals surface area contributed by atoms with E-state index in [1.807, 2.05) is 37.3 Å². The molecule has 0 aliphatic rings. The van der Waals surface area contributed by atoms with Crippen molar-refractivity contribution in [1.29, 1.82) is 0 Å². The van der Waals surface area contributed by atoms with Gasteiger partial charge in [-0.25, -0.2) is 4.98 Å². The zero-order valence-electron chi connectivity index (χ0n) is 14.2. The minimum Gasteiger partial charge on any atom is -0.391 e. The Labute approximate surface area is 141 Å². The zero-order valence-corrected chi connectivity index (χ0v) is 14.2. The number of aromatic amines is 1. The third-order valence-electron chi connectivity index (χ3n) is 3.95. The number of nitrogens with zero attached hydrogens (tertiary/aromatic N) is 2. The third kappa shape index (κ3) is 4.29. The van der Waals surface area contributed by atoms with Gasteiger partial charge in [0.2, 0.25) is 0 Å². The second-order valence-electron chi connectivity index (χ2n) is 5.86. The normalized spacial score (nSPS) is 12.0. The highest BCUT2D eigenvalue weighted by Crippen LogP contribution is 2.10. The molecule has 0 aliphatic carbocycles. The number of H-pyrrole nitrogens is 1. The number of aliphatic hydroxyl groups is 1. The van der Waals surface area contributed by atoms with E-state index in [-0.39, 0.29) is 12.2 Å². The number of hydrogen-bond donors (Lipinski definition) is 2. The lowest BCUT2D eigenvalue weighted by molar-refractivity contribution is 0.0591. The van der Waals surface area contributed by atoms with Crippen LogP contribution in [0.3, 0.4) is 0 Å². The minimum atomic E-state index is -0.650. The average molecular weight is 329 g/mol. The first-order chi connectivity index (χ1) is 11.4. The molecule has 2 N–H and O–H groups in total. The van der Waals surface area contributed by atoms with Crippen molar-refractivity contribution in [2.45, 2.75) is 39.8 Å². The highest BCUT2D eigenvalue weighted by Gasteiger charge is 2.23. The number of aliphatic hydroxyl groups excluding tert-OH is 1. The molecule has 2 rings (SSSR count). The highest BCUT2D eigenvalue weighted by molar-refractivity contribution is 5.92. The van der Waals surface area contributed by atoms with Crippen LogP contribution in [0.15, 0.2) is 35.1 Å². The fourth-order valence-electron chi connectivity index (χ4n) is 2.32. The van der Waals surface area contributed by atoms with Crippen LogP contribution in [-0.2, 0) is 6.54 Å². The van der Waals surface area contributed by atoms with Gasteiger partial charge in [-0.15, -0.1) is 0 Å². The minimum absolute atomic E-state index is 0.141. The Balaban J connectivity index is 2.33. The number of aryl methyl sites for hydroxylation is 2. The van der Waals surface area contributed by atoms with E-state index >= 15 is 0 Å². The van der Waals surface area contributed by atoms with Crippen LogP contribution in [0.25, 0.3) is 0 Å². The summed E-state index contributed by atoms with van der Waals surface area (Å²) in [6.45, 7) is 5.78. The van der Waals surface area contributed by atoms with Gasteiger partial charge < -0.3 is 15.0 Å². The van der Waals surface area contributed by atoms with Gasteiger partial charge in [0.1, 0.15) is 0 Å². The molecule has 0 saturated heterocycles. The van der Waals surface area contributed by atoms with E-state index in [0.717, 1.165) is 5.56 Å². The summed E-state index contributed by atoms with van der Waals surface area (Å²) in [5, 5.41) is 9.97. The second-order valence-corrected chi connectivity index (χ2v) is 5.86. The van der Waals surface area contributed by atoms with E-state index < -0.39 is 17.6 Å². The van der Waals surface area contributed by atoms with Gasteiger partial charge in [0.25, 0.3) is 11.5 Å². The van der Waals surface area contributed by atoms with Crippen LogP contribution in [-0.4, -0.2) is 38.5 Å². The molecule has 0 radical (unpaired) electrons. The van der Waals surface area contributed by atoms with Gasteiger partial charge in [0.05, 0.1) is 11.8 Å². The second kappa shape index (κ2) is 7.88.